The molecule has 5 heteroatoms. The Hall–Kier alpha value is -5.22. The van der Waals surface area contributed by atoms with Gasteiger partial charge in [0.2, 0.25) is 0 Å². The summed E-state index contributed by atoms with van der Waals surface area (Å²) < 4.78 is 6.16. The Bertz CT molecular complexity index is 2450. The van der Waals surface area contributed by atoms with Gasteiger partial charge in [0, 0.05) is 23.5 Å². The zero-order chi connectivity index (χ0) is 36.2. The zero-order valence-corrected chi connectivity index (χ0v) is 33.3. The third kappa shape index (κ3) is 8.38. The minimum Gasteiger partial charge on any atom is -0.501 e. The third-order valence-corrected chi connectivity index (χ3v) is 9.34. The first-order valence-electron chi connectivity index (χ1n) is 18.0. The van der Waals surface area contributed by atoms with Crippen LogP contribution in [-0.2, 0) is 20.1 Å². The van der Waals surface area contributed by atoms with Crippen LogP contribution in [0.5, 0.6) is 0 Å². The first-order valence-corrected chi connectivity index (χ1v) is 18.0. The summed E-state index contributed by atoms with van der Waals surface area (Å²) in [6, 6.07) is 49.3. The van der Waals surface area contributed by atoms with Crippen LogP contribution in [0.1, 0.15) is 76.0 Å². The second-order valence-corrected chi connectivity index (χ2v) is 14.0. The maximum absolute atomic E-state index is 6.16. The van der Waals surface area contributed by atoms with Crippen LogP contribution in [0.3, 0.4) is 0 Å². The smallest absolute Gasteiger partial charge is 0.501 e. The predicted octanol–water partition coefficient (Wildman–Crippen LogP) is 12.9. The average molecular weight is 869 g/mol. The van der Waals surface area contributed by atoms with E-state index in [0.29, 0.717) is 17.8 Å². The molecule has 0 unspecified atom stereocenters. The maximum Gasteiger partial charge on any atom is 3.00 e. The van der Waals surface area contributed by atoms with Crippen LogP contribution < -0.4 is 0 Å². The molecule has 8 aromatic rings. The number of benzene rings is 4. The molecule has 0 saturated carbocycles. The minimum atomic E-state index is 0. The number of pyridine rings is 3. The van der Waals surface area contributed by atoms with Crippen LogP contribution in [0.15, 0.2) is 132 Å². The SMILES string of the molecule is CC(C)c1cc[c-]c(-c2cccc(-c3[c-]c(-c4ccccn4)cc(C(C)C)c3)n2)c1.CC(C)c1ccc2c(c1)oc1c(-c3ccccn3)[c-]ccc12.[Ir+3]. The molecule has 8 rings (SSSR count). The van der Waals surface area contributed by atoms with Crippen molar-refractivity contribution in [3.8, 4) is 45.0 Å². The predicted molar refractivity (Wildman–Crippen MR) is 214 cm³/mol. The van der Waals surface area contributed by atoms with E-state index in [1.807, 2.05) is 66.9 Å². The van der Waals surface area contributed by atoms with Crippen molar-refractivity contribution in [2.75, 3.05) is 0 Å². The van der Waals surface area contributed by atoms with Gasteiger partial charge in [-0.05, 0) is 58.6 Å². The summed E-state index contributed by atoms with van der Waals surface area (Å²) in [6.07, 6.45) is 3.61. The van der Waals surface area contributed by atoms with E-state index in [9.17, 15) is 0 Å². The summed E-state index contributed by atoms with van der Waals surface area (Å²) in [7, 11) is 0. The molecular formula is C48H42IrN3O. The van der Waals surface area contributed by atoms with E-state index < -0.39 is 0 Å². The van der Waals surface area contributed by atoms with E-state index in [1.54, 1.807) is 6.20 Å². The Kier molecular flexibility index (Phi) is 11.8. The Labute approximate surface area is 326 Å². The van der Waals surface area contributed by atoms with E-state index in [0.717, 1.165) is 67.0 Å². The fourth-order valence-corrected chi connectivity index (χ4v) is 6.27. The van der Waals surface area contributed by atoms with Gasteiger partial charge < -0.3 is 14.4 Å². The van der Waals surface area contributed by atoms with Gasteiger partial charge in [0.15, 0.2) is 0 Å². The normalized spacial score (nSPS) is 11.2. The molecule has 264 valence electrons. The molecule has 0 fully saturated rings. The van der Waals surface area contributed by atoms with Crippen molar-refractivity contribution in [1.29, 1.82) is 0 Å². The molecule has 0 aliphatic heterocycles. The quantitative estimate of drug-likeness (QED) is 0.150. The van der Waals surface area contributed by atoms with Crippen LogP contribution in [0.4, 0.5) is 0 Å². The summed E-state index contributed by atoms with van der Waals surface area (Å²) in [6.45, 7) is 13.2. The first-order chi connectivity index (χ1) is 25.2. The second kappa shape index (κ2) is 16.6. The van der Waals surface area contributed by atoms with Gasteiger partial charge in [-0.25, -0.2) is 0 Å². The van der Waals surface area contributed by atoms with Crippen LogP contribution in [0, 0.1) is 18.2 Å². The molecule has 0 aliphatic rings. The van der Waals surface area contributed by atoms with E-state index in [-0.39, 0.29) is 20.1 Å². The molecule has 0 atom stereocenters. The average Bonchev–Trinajstić information content (AvgIpc) is 3.57. The topological polar surface area (TPSA) is 51.8 Å². The summed E-state index contributed by atoms with van der Waals surface area (Å²) in [5.41, 5.74) is 13.2. The maximum atomic E-state index is 6.16. The first kappa shape index (κ1) is 37.5. The van der Waals surface area contributed by atoms with Gasteiger partial charge in [-0.2, -0.15) is 0 Å². The molecule has 4 heterocycles. The standard InChI is InChI=1S/C28H26N2.C20H16NO.Ir/c1-19(2)21-9-7-10-22(15-21)27-12-8-13-28(30-27)25-17-23(20(3)4)16-24(18-25)26-11-5-6-14-29-26;1-13(2)14-9-10-15-16-6-5-7-17(18-8-3-4-11-21-18)20(16)22-19(15)12-14;/h5-9,11-17,19-20H,1-4H3;3-6,8-13H,1-2H3;/q-2;-1;+3. The number of nitrogens with zero attached hydrogens (tertiary/aromatic N) is 3. The monoisotopic (exact) mass is 869 g/mol. The molecule has 0 saturated heterocycles. The van der Waals surface area contributed by atoms with Crippen molar-refractivity contribution in [2.24, 2.45) is 0 Å². The van der Waals surface area contributed by atoms with Crippen molar-refractivity contribution in [1.82, 2.24) is 15.0 Å². The Balaban J connectivity index is 0.000000186. The summed E-state index contributed by atoms with van der Waals surface area (Å²) >= 11 is 0. The summed E-state index contributed by atoms with van der Waals surface area (Å²) in [4.78, 5) is 13.9. The molecule has 0 N–H and O–H groups in total. The molecular weight excluding hydrogens is 827 g/mol. The molecule has 4 aromatic heterocycles. The number of hydrogen-bond acceptors (Lipinski definition) is 4. The Morgan fingerprint density at radius 2 is 1.09 bits per heavy atom. The molecule has 53 heavy (non-hydrogen) atoms. The minimum absolute atomic E-state index is 0. The Morgan fingerprint density at radius 3 is 1.75 bits per heavy atom. The third-order valence-electron chi connectivity index (χ3n) is 9.34. The molecule has 0 spiro atoms. The molecule has 4 nitrogen and oxygen atoms in total. The summed E-state index contributed by atoms with van der Waals surface area (Å²) in [5.74, 6) is 1.36. The van der Waals surface area contributed by atoms with Crippen LogP contribution in [0.2, 0.25) is 0 Å². The van der Waals surface area contributed by atoms with Gasteiger partial charge in [0.05, 0.1) is 5.58 Å². The molecule has 0 aliphatic carbocycles. The number of aromatic nitrogens is 3. The van der Waals surface area contributed by atoms with E-state index in [4.69, 9.17) is 9.40 Å². The fraction of sp³-hybridized carbons (Fsp3) is 0.188. The van der Waals surface area contributed by atoms with Crippen molar-refractivity contribution >= 4 is 21.9 Å². The molecule has 0 radical (unpaired) electrons. The molecule has 0 amide bonds. The van der Waals surface area contributed by atoms with Crippen LogP contribution in [0.25, 0.3) is 67.0 Å². The van der Waals surface area contributed by atoms with Gasteiger partial charge in [-0.3, -0.25) is 4.98 Å². The van der Waals surface area contributed by atoms with Crippen molar-refractivity contribution in [3.63, 3.8) is 0 Å². The summed E-state index contributed by atoms with van der Waals surface area (Å²) in [5, 5.41) is 2.26. The van der Waals surface area contributed by atoms with Crippen LogP contribution >= 0.6 is 0 Å². The van der Waals surface area contributed by atoms with E-state index in [1.165, 1.54) is 16.7 Å². The second-order valence-electron chi connectivity index (χ2n) is 14.0. The largest absolute Gasteiger partial charge is 3.00 e. The van der Waals surface area contributed by atoms with Crippen LogP contribution in [-0.4, -0.2) is 15.0 Å². The van der Waals surface area contributed by atoms with Gasteiger partial charge >= 0.3 is 20.1 Å². The van der Waals surface area contributed by atoms with Crippen molar-refractivity contribution in [3.05, 3.63) is 163 Å². The van der Waals surface area contributed by atoms with Gasteiger partial charge in [0.25, 0.3) is 0 Å². The number of rotatable bonds is 7. The zero-order valence-electron chi connectivity index (χ0n) is 30.9. The van der Waals surface area contributed by atoms with Gasteiger partial charge in [-0.1, -0.05) is 118 Å². The van der Waals surface area contributed by atoms with Gasteiger partial charge in [0.1, 0.15) is 5.58 Å². The molecule has 4 aromatic carbocycles. The number of fused-ring (bicyclic) bond motifs is 3. The van der Waals surface area contributed by atoms with Crippen molar-refractivity contribution < 1.29 is 24.5 Å². The Morgan fingerprint density at radius 1 is 0.509 bits per heavy atom. The fourth-order valence-electron chi connectivity index (χ4n) is 6.27. The van der Waals surface area contributed by atoms with Gasteiger partial charge in [-0.15, -0.1) is 77.4 Å². The van der Waals surface area contributed by atoms with E-state index >= 15 is 0 Å². The van der Waals surface area contributed by atoms with E-state index in [2.05, 4.69) is 124 Å². The number of hydrogen-bond donors (Lipinski definition) is 0. The number of furan rings is 1. The van der Waals surface area contributed by atoms with Crippen molar-refractivity contribution in [2.45, 2.75) is 59.3 Å². The molecule has 0 bridgehead atoms.